The smallest absolute Gasteiger partial charge is 0.280 e. The fourth-order valence-electron chi connectivity index (χ4n) is 3.14. The maximum Gasteiger partial charge on any atom is 0.280 e. The Labute approximate surface area is 150 Å². The molecule has 0 unspecified atom stereocenters. The number of alkyl halides is 2. The zero-order valence-corrected chi connectivity index (χ0v) is 14.5. The highest BCUT2D eigenvalue weighted by Gasteiger charge is 2.24. The van der Waals surface area contributed by atoms with Gasteiger partial charge in [-0.25, -0.2) is 13.2 Å². The normalized spacial score (nSPS) is 15.7. The molecule has 26 heavy (non-hydrogen) atoms. The van der Waals surface area contributed by atoms with E-state index in [2.05, 4.69) is 10.00 Å². The van der Waals surface area contributed by atoms with Crippen LogP contribution in [-0.2, 0) is 17.9 Å². The van der Waals surface area contributed by atoms with Gasteiger partial charge in [0.2, 0.25) is 5.91 Å². The number of aryl methyl sites for hydroxylation is 1. The van der Waals surface area contributed by atoms with Crippen molar-refractivity contribution in [1.29, 1.82) is 0 Å². The Hall–Kier alpha value is -2.35. The molecular weight excluding hydrogens is 345 g/mol. The minimum Gasteiger partial charge on any atom is -0.339 e. The third-order valence-electron chi connectivity index (χ3n) is 4.46. The second kappa shape index (κ2) is 7.90. The molecule has 1 amide bonds. The number of piperazine rings is 1. The lowest BCUT2D eigenvalue weighted by molar-refractivity contribution is -0.134. The van der Waals surface area contributed by atoms with Gasteiger partial charge in [0.25, 0.3) is 6.43 Å². The minimum atomic E-state index is -2.66. The first kappa shape index (κ1) is 18.4. The largest absolute Gasteiger partial charge is 0.339 e. The molecule has 1 fully saturated rings. The van der Waals surface area contributed by atoms with Crippen molar-refractivity contribution in [1.82, 2.24) is 19.6 Å². The lowest BCUT2D eigenvalue weighted by Crippen LogP contribution is -2.49. The highest BCUT2D eigenvalue weighted by molar-refractivity contribution is 5.76. The van der Waals surface area contributed by atoms with Crippen molar-refractivity contribution in [2.75, 3.05) is 26.2 Å². The van der Waals surface area contributed by atoms with Crippen molar-refractivity contribution in [2.24, 2.45) is 0 Å². The molecule has 1 saturated heterocycles. The lowest BCUT2D eigenvalue weighted by atomic mass is 10.2. The summed E-state index contributed by atoms with van der Waals surface area (Å²) < 4.78 is 40.3. The summed E-state index contributed by atoms with van der Waals surface area (Å²) in [7, 11) is 0. The zero-order chi connectivity index (χ0) is 18.7. The van der Waals surface area contributed by atoms with Crippen LogP contribution in [0.25, 0.3) is 0 Å². The Balaban J connectivity index is 1.54. The van der Waals surface area contributed by atoms with Gasteiger partial charge >= 0.3 is 0 Å². The molecule has 140 valence electrons. The molecular formula is C18H21F3N4O. The van der Waals surface area contributed by atoms with Gasteiger partial charge in [0.1, 0.15) is 18.1 Å². The molecule has 0 atom stereocenters. The van der Waals surface area contributed by atoms with E-state index in [0.29, 0.717) is 38.4 Å². The van der Waals surface area contributed by atoms with E-state index in [1.165, 1.54) is 18.2 Å². The highest BCUT2D eigenvalue weighted by atomic mass is 19.3. The van der Waals surface area contributed by atoms with Crippen LogP contribution in [-0.4, -0.2) is 51.7 Å². The van der Waals surface area contributed by atoms with Gasteiger partial charge in [-0.2, -0.15) is 5.10 Å². The number of aromatic nitrogens is 2. The van der Waals surface area contributed by atoms with Crippen molar-refractivity contribution < 1.29 is 18.0 Å². The number of carbonyl (C=O) groups excluding carboxylic acids is 1. The molecule has 0 bridgehead atoms. The molecule has 2 heterocycles. The molecule has 8 heteroatoms. The van der Waals surface area contributed by atoms with Crippen molar-refractivity contribution in [2.45, 2.75) is 26.4 Å². The van der Waals surface area contributed by atoms with Crippen LogP contribution in [0.3, 0.4) is 0 Å². The average molecular weight is 366 g/mol. The van der Waals surface area contributed by atoms with Crippen molar-refractivity contribution in [3.8, 4) is 0 Å². The fraction of sp³-hybridized carbons (Fsp3) is 0.444. The van der Waals surface area contributed by atoms with E-state index < -0.39 is 6.43 Å². The maximum absolute atomic E-state index is 13.3. The molecule has 3 rings (SSSR count). The Bertz CT molecular complexity index is 770. The third kappa shape index (κ3) is 4.43. The van der Waals surface area contributed by atoms with Crippen LogP contribution in [0.2, 0.25) is 0 Å². The summed E-state index contributed by atoms with van der Waals surface area (Å²) in [5.74, 6) is -0.485. The Morgan fingerprint density at radius 3 is 2.58 bits per heavy atom. The first-order valence-electron chi connectivity index (χ1n) is 8.49. The van der Waals surface area contributed by atoms with E-state index in [1.54, 1.807) is 17.9 Å². The molecule has 0 spiro atoms. The highest BCUT2D eigenvalue weighted by Crippen LogP contribution is 2.20. The molecule has 1 aromatic heterocycles. The van der Waals surface area contributed by atoms with Crippen LogP contribution in [0.15, 0.2) is 30.3 Å². The van der Waals surface area contributed by atoms with Gasteiger partial charge in [-0.15, -0.1) is 0 Å². The number of hydrogen-bond donors (Lipinski definition) is 0. The van der Waals surface area contributed by atoms with Crippen LogP contribution in [0, 0.1) is 12.7 Å². The van der Waals surface area contributed by atoms with Crippen LogP contribution in [0.1, 0.15) is 23.4 Å². The van der Waals surface area contributed by atoms with Gasteiger partial charge in [-0.05, 0) is 30.7 Å². The lowest BCUT2D eigenvalue weighted by Gasteiger charge is -2.34. The number of amides is 1. The summed E-state index contributed by atoms with van der Waals surface area (Å²) in [5, 5.41) is 3.99. The van der Waals surface area contributed by atoms with E-state index in [9.17, 15) is 18.0 Å². The molecule has 1 aliphatic rings. The predicted molar refractivity (Wildman–Crippen MR) is 90.2 cm³/mol. The number of rotatable bonds is 5. The monoisotopic (exact) mass is 366 g/mol. The number of hydrogen-bond acceptors (Lipinski definition) is 3. The van der Waals surface area contributed by atoms with E-state index in [1.807, 2.05) is 6.07 Å². The van der Waals surface area contributed by atoms with Crippen LogP contribution in [0.4, 0.5) is 13.2 Å². The predicted octanol–water partition coefficient (Wildman–Crippen LogP) is 2.61. The average Bonchev–Trinajstić information content (AvgIpc) is 2.96. The van der Waals surface area contributed by atoms with Crippen LogP contribution < -0.4 is 0 Å². The second-order valence-corrected chi connectivity index (χ2v) is 6.46. The topological polar surface area (TPSA) is 41.4 Å². The molecule has 0 aliphatic carbocycles. The summed E-state index contributed by atoms with van der Waals surface area (Å²) >= 11 is 0. The molecule has 1 aromatic carbocycles. The molecule has 2 aromatic rings. The van der Waals surface area contributed by atoms with Gasteiger partial charge in [0.15, 0.2) is 0 Å². The third-order valence-corrected chi connectivity index (χ3v) is 4.46. The van der Waals surface area contributed by atoms with Crippen LogP contribution in [0.5, 0.6) is 0 Å². The van der Waals surface area contributed by atoms with E-state index >= 15 is 0 Å². The number of carbonyl (C=O) groups is 1. The summed E-state index contributed by atoms with van der Waals surface area (Å²) in [4.78, 5) is 16.2. The fourth-order valence-corrected chi connectivity index (χ4v) is 3.14. The van der Waals surface area contributed by atoms with Gasteiger partial charge < -0.3 is 4.90 Å². The summed E-state index contributed by atoms with van der Waals surface area (Å²) in [6, 6.07) is 7.76. The van der Waals surface area contributed by atoms with Crippen molar-refractivity contribution in [3.63, 3.8) is 0 Å². The summed E-state index contributed by atoms with van der Waals surface area (Å²) in [5.41, 5.74) is 1.12. The minimum absolute atomic E-state index is 0.183. The van der Waals surface area contributed by atoms with Crippen molar-refractivity contribution in [3.05, 3.63) is 53.1 Å². The molecule has 0 saturated carbocycles. The summed E-state index contributed by atoms with van der Waals surface area (Å²) in [6.07, 6.45) is -2.66. The number of halogens is 3. The van der Waals surface area contributed by atoms with Gasteiger partial charge in [-0.1, -0.05) is 12.1 Å². The quantitative estimate of drug-likeness (QED) is 0.817. The van der Waals surface area contributed by atoms with Gasteiger partial charge in [-0.3, -0.25) is 14.4 Å². The molecule has 0 radical (unpaired) electrons. The maximum atomic E-state index is 13.3. The Morgan fingerprint density at radius 1 is 1.19 bits per heavy atom. The first-order chi connectivity index (χ1) is 12.4. The molecule has 1 aliphatic heterocycles. The molecule has 5 nitrogen and oxygen atoms in total. The number of nitrogens with zero attached hydrogens (tertiary/aromatic N) is 4. The number of benzene rings is 1. The standard InChI is InChI=1S/C18H21F3N4O/c1-13-9-16(18(20)21)25(22-13)12-17(26)24-7-5-23(6-8-24)11-14-3-2-4-15(19)10-14/h2-4,9-10,18H,5-8,11-12H2,1H3. The van der Waals surface area contributed by atoms with E-state index in [4.69, 9.17) is 0 Å². The van der Waals surface area contributed by atoms with Gasteiger partial charge in [0, 0.05) is 32.7 Å². The van der Waals surface area contributed by atoms with Gasteiger partial charge in [0.05, 0.1) is 5.69 Å². The van der Waals surface area contributed by atoms with Crippen molar-refractivity contribution >= 4 is 5.91 Å². The van der Waals surface area contributed by atoms with Crippen LogP contribution >= 0.6 is 0 Å². The first-order valence-corrected chi connectivity index (χ1v) is 8.49. The second-order valence-electron chi connectivity index (χ2n) is 6.46. The Kier molecular flexibility index (Phi) is 5.61. The van der Waals surface area contributed by atoms with E-state index in [-0.39, 0.29) is 24.0 Å². The molecule has 0 N–H and O–H groups in total. The van der Waals surface area contributed by atoms with E-state index in [0.717, 1.165) is 10.2 Å². The summed E-state index contributed by atoms with van der Waals surface area (Å²) in [6.45, 7) is 4.39. The SMILES string of the molecule is Cc1cc(C(F)F)n(CC(=O)N2CCN(Cc3cccc(F)c3)CC2)n1. The zero-order valence-electron chi connectivity index (χ0n) is 14.5. The Morgan fingerprint density at radius 2 is 1.92 bits per heavy atom.